The number of carbonyl (C=O) groups is 1. The molecule has 0 N–H and O–H groups in total. The number of hydrogen-bond donors (Lipinski definition) is 0. The highest BCUT2D eigenvalue weighted by molar-refractivity contribution is 6.19. The van der Waals surface area contributed by atoms with Crippen molar-refractivity contribution < 1.29 is 9.53 Å². The zero-order valence-corrected chi connectivity index (χ0v) is 9.96. The fourth-order valence-electron chi connectivity index (χ4n) is 2.17. The summed E-state index contributed by atoms with van der Waals surface area (Å²) in [5.41, 5.74) is 5.33. The van der Waals surface area contributed by atoms with Crippen LogP contribution in [0.15, 0.2) is 23.8 Å². The lowest BCUT2D eigenvalue weighted by atomic mass is 10.0. The van der Waals surface area contributed by atoms with Crippen LogP contribution in [0.5, 0.6) is 0 Å². The topological polar surface area (TPSA) is 26.3 Å². The van der Waals surface area contributed by atoms with Gasteiger partial charge in [-0.3, -0.25) is 0 Å². The summed E-state index contributed by atoms with van der Waals surface area (Å²) in [4.78, 5) is 11.8. The molecule has 0 aromatic heterocycles. The Morgan fingerprint density at radius 1 is 1.38 bits per heavy atom. The van der Waals surface area contributed by atoms with Gasteiger partial charge in [0, 0.05) is 0 Å². The van der Waals surface area contributed by atoms with Gasteiger partial charge in [0.25, 0.3) is 0 Å². The van der Waals surface area contributed by atoms with Crippen molar-refractivity contribution in [3.63, 3.8) is 0 Å². The lowest BCUT2D eigenvalue weighted by Crippen LogP contribution is -2.06. The fraction of sp³-hybridized carbons (Fsp3) is 0.357. The molecule has 0 saturated heterocycles. The summed E-state index contributed by atoms with van der Waals surface area (Å²) in [6.45, 7) is 6.30. The molecule has 1 aliphatic carbocycles. The highest BCUT2D eigenvalue weighted by Gasteiger charge is 2.25. The number of benzene rings is 1. The van der Waals surface area contributed by atoms with E-state index in [0.717, 1.165) is 23.1 Å². The molecule has 0 fully saturated rings. The zero-order valence-electron chi connectivity index (χ0n) is 9.96. The third kappa shape index (κ3) is 1.75. The van der Waals surface area contributed by atoms with Crippen LogP contribution in [0.4, 0.5) is 0 Å². The quantitative estimate of drug-likeness (QED) is 0.710. The number of aryl methyl sites for hydroxylation is 1. The van der Waals surface area contributed by atoms with E-state index in [1.807, 2.05) is 20.8 Å². The van der Waals surface area contributed by atoms with Crippen LogP contribution in [-0.4, -0.2) is 12.6 Å². The molecule has 0 unspecified atom stereocenters. The van der Waals surface area contributed by atoms with Crippen LogP contribution in [0.25, 0.3) is 5.57 Å². The van der Waals surface area contributed by atoms with E-state index in [1.54, 1.807) is 0 Å². The van der Waals surface area contributed by atoms with Gasteiger partial charge < -0.3 is 4.74 Å². The zero-order chi connectivity index (χ0) is 11.7. The molecule has 0 atom stereocenters. The molecular weight excluding hydrogens is 200 g/mol. The van der Waals surface area contributed by atoms with E-state index in [9.17, 15) is 4.79 Å². The van der Waals surface area contributed by atoms with Gasteiger partial charge in [-0.05, 0) is 38.3 Å². The first-order valence-corrected chi connectivity index (χ1v) is 5.60. The summed E-state index contributed by atoms with van der Waals surface area (Å²) < 4.78 is 5.10. The van der Waals surface area contributed by atoms with Crippen LogP contribution in [0.1, 0.15) is 30.5 Å². The van der Waals surface area contributed by atoms with Gasteiger partial charge in [0.1, 0.15) is 0 Å². The largest absolute Gasteiger partial charge is 0.462 e. The molecule has 2 nitrogen and oxygen atoms in total. The summed E-state index contributed by atoms with van der Waals surface area (Å²) in [6.07, 6.45) is 0.865. The Bertz CT molecular complexity index is 470. The van der Waals surface area contributed by atoms with Crippen molar-refractivity contribution in [2.45, 2.75) is 27.2 Å². The van der Waals surface area contributed by atoms with Crippen molar-refractivity contribution in [2.24, 2.45) is 0 Å². The van der Waals surface area contributed by atoms with Crippen LogP contribution in [0.2, 0.25) is 0 Å². The molecule has 0 radical (unpaired) electrons. The summed E-state index contributed by atoms with van der Waals surface area (Å²) >= 11 is 0. The minimum Gasteiger partial charge on any atom is -0.462 e. The Hall–Kier alpha value is -1.57. The van der Waals surface area contributed by atoms with Crippen LogP contribution in [0.3, 0.4) is 0 Å². The maximum Gasteiger partial charge on any atom is 0.338 e. The van der Waals surface area contributed by atoms with Gasteiger partial charge in [0.2, 0.25) is 0 Å². The van der Waals surface area contributed by atoms with E-state index in [0.29, 0.717) is 6.61 Å². The second kappa shape index (κ2) is 4.12. The Morgan fingerprint density at radius 2 is 2.12 bits per heavy atom. The van der Waals surface area contributed by atoms with Crippen molar-refractivity contribution >= 4 is 11.5 Å². The van der Waals surface area contributed by atoms with Crippen molar-refractivity contribution in [1.82, 2.24) is 0 Å². The van der Waals surface area contributed by atoms with Crippen molar-refractivity contribution in [3.05, 3.63) is 40.5 Å². The molecule has 1 aliphatic rings. The second-order valence-corrected chi connectivity index (χ2v) is 4.21. The summed E-state index contributed by atoms with van der Waals surface area (Å²) in [7, 11) is 0. The Kier molecular flexibility index (Phi) is 2.82. The Balaban J connectivity index is 2.44. The van der Waals surface area contributed by atoms with E-state index in [1.165, 1.54) is 11.1 Å². The first kappa shape index (κ1) is 10.9. The van der Waals surface area contributed by atoms with Crippen LogP contribution >= 0.6 is 0 Å². The van der Waals surface area contributed by atoms with Crippen molar-refractivity contribution in [3.8, 4) is 0 Å². The van der Waals surface area contributed by atoms with Gasteiger partial charge in [0.15, 0.2) is 0 Å². The predicted molar refractivity (Wildman–Crippen MR) is 64.1 cm³/mol. The van der Waals surface area contributed by atoms with Crippen molar-refractivity contribution in [2.75, 3.05) is 6.61 Å². The van der Waals surface area contributed by atoms with E-state index >= 15 is 0 Å². The van der Waals surface area contributed by atoms with E-state index < -0.39 is 0 Å². The number of hydrogen-bond acceptors (Lipinski definition) is 2. The number of rotatable bonds is 2. The van der Waals surface area contributed by atoms with E-state index in [-0.39, 0.29) is 5.97 Å². The Morgan fingerprint density at radius 3 is 2.81 bits per heavy atom. The molecule has 1 aromatic carbocycles. The molecular formula is C14H16O2. The minimum atomic E-state index is -0.190. The predicted octanol–water partition coefficient (Wildman–Crippen LogP) is 2.89. The lowest BCUT2D eigenvalue weighted by molar-refractivity contribution is -0.136. The molecule has 0 saturated carbocycles. The molecule has 84 valence electrons. The first-order chi connectivity index (χ1) is 7.63. The highest BCUT2D eigenvalue weighted by atomic mass is 16.5. The van der Waals surface area contributed by atoms with Gasteiger partial charge in [-0.25, -0.2) is 4.79 Å². The fourth-order valence-corrected chi connectivity index (χ4v) is 2.17. The molecule has 0 bridgehead atoms. The molecule has 1 aromatic rings. The SMILES string of the molecule is CCOC(=O)C1=C(C)Cc2ccc(C)cc21. The maximum atomic E-state index is 11.8. The first-order valence-electron chi connectivity index (χ1n) is 5.60. The normalized spacial score (nSPS) is 13.9. The standard InChI is InChI=1S/C14H16O2/c1-4-16-14(15)13-10(3)8-11-6-5-9(2)7-12(11)13/h5-7H,4,8H2,1-3H3. The van der Waals surface area contributed by atoms with E-state index in [2.05, 4.69) is 18.2 Å². The second-order valence-electron chi connectivity index (χ2n) is 4.21. The number of ether oxygens (including phenoxy) is 1. The average molecular weight is 216 g/mol. The lowest BCUT2D eigenvalue weighted by Gasteiger charge is -2.06. The van der Waals surface area contributed by atoms with Gasteiger partial charge >= 0.3 is 5.97 Å². The molecule has 2 heteroatoms. The molecule has 0 aliphatic heterocycles. The Labute approximate surface area is 95.9 Å². The molecule has 0 spiro atoms. The third-order valence-electron chi connectivity index (χ3n) is 2.90. The number of carbonyl (C=O) groups excluding carboxylic acids is 1. The molecule has 16 heavy (non-hydrogen) atoms. The average Bonchev–Trinajstić information content (AvgIpc) is 2.53. The number of allylic oxidation sites excluding steroid dienone is 1. The van der Waals surface area contributed by atoms with Gasteiger partial charge in [-0.15, -0.1) is 0 Å². The molecule has 0 heterocycles. The maximum absolute atomic E-state index is 11.8. The monoisotopic (exact) mass is 216 g/mol. The van der Waals surface area contributed by atoms with Gasteiger partial charge in [-0.1, -0.05) is 29.3 Å². The molecule has 0 amide bonds. The third-order valence-corrected chi connectivity index (χ3v) is 2.90. The highest BCUT2D eigenvalue weighted by Crippen LogP contribution is 2.33. The van der Waals surface area contributed by atoms with Gasteiger partial charge in [-0.2, -0.15) is 0 Å². The summed E-state index contributed by atoms with van der Waals surface area (Å²) in [5, 5.41) is 0. The smallest absolute Gasteiger partial charge is 0.338 e. The van der Waals surface area contributed by atoms with Crippen LogP contribution in [-0.2, 0) is 16.0 Å². The van der Waals surface area contributed by atoms with Crippen molar-refractivity contribution in [1.29, 1.82) is 0 Å². The molecule has 2 rings (SSSR count). The summed E-state index contributed by atoms with van der Waals surface area (Å²) in [6, 6.07) is 6.25. The van der Waals surface area contributed by atoms with Crippen LogP contribution < -0.4 is 0 Å². The minimum absolute atomic E-state index is 0.190. The number of esters is 1. The van der Waals surface area contributed by atoms with Crippen LogP contribution in [0, 0.1) is 6.92 Å². The number of fused-ring (bicyclic) bond motifs is 1. The van der Waals surface area contributed by atoms with E-state index in [4.69, 9.17) is 4.74 Å². The van der Waals surface area contributed by atoms with Gasteiger partial charge in [0.05, 0.1) is 12.2 Å². The summed E-state index contributed by atoms with van der Waals surface area (Å²) in [5.74, 6) is -0.190.